The van der Waals surface area contributed by atoms with Crippen molar-refractivity contribution in [3.63, 3.8) is 0 Å². The van der Waals surface area contributed by atoms with Gasteiger partial charge in [-0.05, 0) is 44.2 Å². The van der Waals surface area contributed by atoms with Crippen molar-refractivity contribution in [2.75, 3.05) is 19.8 Å². The van der Waals surface area contributed by atoms with Crippen LogP contribution in [0.4, 0.5) is 4.39 Å². The highest BCUT2D eigenvalue weighted by molar-refractivity contribution is 5.95. The molecule has 0 unspecified atom stereocenters. The number of rotatable bonds is 7. The largest absolute Gasteiger partial charge is 0.480 e. The number of aliphatic carboxylic acids is 1. The molecule has 0 aliphatic heterocycles. The molecule has 0 spiro atoms. The Morgan fingerprint density at radius 1 is 1.25 bits per heavy atom. The number of aryl methyl sites for hydroxylation is 1. The molecule has 0 atom stereocenters. The van der Waals surface area contributed by atoms with Gasteiger partial charge in [0.2, 0.25) is 0 Å². The second-order valence-corrected chi connectivity index (χ2v) is 5.30. The van der Waals surface area contributed by atoms with Gasteiger partial charge in [-0.1, -0.05) is 0 Å². The SMILES string of the molecule is Cc1cc(C(=O)NCCOCC(=O)O)c(C)n1-c1ccc(F)cc1. The maximum atomic E-state index is 13.1. The molecule has 6 nitrogen and oxygen atoms in total. The average molecular weight is 334 g/mol. The van der Waals surface area contributed by atoms with Gasteiger partial charge < -0.3 is 19.7 Å². The molecule has 0 saturated heterocycles. The third-order valence-electron chi connectivity index (χ3n) is 3.52. The molecule has 2 N–H and O–H groups in total. The third kappa shape index (κ3) is 4.20. The van der Waals surface area contributed by atoms with E-state index < -0.39 is 12.6 Å². The van der Waals surface area contributed by atoms with Crippen molar-refractivity contribution in [2.45, 2.75) is 13.8 Å². The number of benzene rings is 1. The highest BCUT2D eigenvalue weighted by Gasteiger charge is 2.16. The number of nitrogens with zero attached hydrogens (tertiary/aromatic N) is 1. The van der Waals surface area contributed by atoms with E-state index in [0.29, 0.717) is 5.56 Å². The monoisotopic (exact) mass is 334 g/mol. The van der Waals surface area contributed by atoms with E-state index in [2.05, 4.69) is 5.32 Å². The van der Waals surface area contributed by atoms with Crippen molar-refractivity contribution in [3.8, 4) is 5.69 Å². The summed E-state index contributed by atoms with van der Waals surface area (Å²) in [6.07, 6.45) is 0. The number of aromatic nitrogens is 1. The fourth-order valence-corrected chi connectivity index (χ4v) is 2.47. The van der Waals surface area contributed by atoms with Gasteiger partial charge in [-0.2, -0.15) is 0 Å². The molecule has 0 aliphatic rings. The molecule has 2 aromatic rings. The Bertz CT molecular complexity index is 738. The molecule has 128 valence electrons. The molecule has 0 aliphatic carbocycles. The second kappa shape index (κ2) is 7.74. The summed E-state index contributed by atoms with van der Waals surface area (Å²) < 4.78 is 19.8. The van der Waals surface area contributed by atoms with Crippen LogP contribution in [-0.2, 0) is 9.53 Å². The molecule has 1 amide bonds. The topological polar surface area (TPSA) is 80.6 Å². The quantitative estimate of drug-likeness (QED) is 0.760. The summed E-state index contributed by atoms with van der Waals surface area (Å²) in [6, 6.07) is 7.79. The summed E-state index contributed by atoms with van der Waals surface area (Å²) in [5.74, 6) is -1.64. The first kappa shape index (κ1) is 17.7. The predicted molar refractivity (Wildman–Crippen MR) is 86.0 cm³/mol. The zero-order chi connectivity index (χ0) is 17.7. The van der Waals surface area contributed by atoms with Crippen LogP contribution in [0.3, 0.4) is 0 Å². The Morgan fingerprint density at radius 2 is 1.92 bits per heavy atom. The van der Waals surface area contributed by atoms with Crippen LogP contribution in [0.1, 0.15) is 21.7 Å². The van der Waals surface area contributed by atoms with E-state index >= 15 is 0 Å². The molecular weight excluding hydrogens is 315 g/mol. The zero-order valence-electron chi connectivity index (χ0n) is 13.5. The van der Waals surface area contributed by atoms with Gasteiger partial charge in [0.25, 0.3) is 5.91 Å². The lowest BCUT2D eigenvalue weighted by Gasteiger charge is -2.10. The normalized spacial score (nSPS) is 10.6. The summed E-state index contributed by atoms with van der Waals surface area (Å²) in [7, 11) is 0. The van der Waals surface area contributed by atoms with Gasteiger partial charge in [-0.25, -0.2) is 9.18 Å². The summed E-state index contributed by atoms with van der Waals surface area (Å²) in [4.78, 5) is 22.6. The first-order valence-electron chi connectivity index (χ1n) is 7.42. The fourth-order valence-electron chi connectivity index (χ4n) is 2.47. The van der Waals surface area contributed by atoms with Crippen molar-refractivity contribution < 1.29 is 23.8 Å². The molecule has 7 heteroatoms. The third-order valence-corrected chi connectivity index (χ3v) is 3.52. The molecule has 0 saturated carbocycles. The highest BCUT2D eigenvalue weighted by Crippen LogP contribution is 2.21. The lowest BCUT2D eigenvalue weighted by Crippen LogP contribution is -2.28. The summed E-state index contributed by atoms with van der Waals surface area (Å²) in [5, 5.41) is 11.1. The number of nitrogens with one attached hydrogen (secondary N) is 1. The number of carbonyl (C=O) groups is 2. The number of hydrogen-bond donors (Lipinski definition) is 2. The van der Waals surface area contributed by atoms with Gasteiger partial charge >= 0.3 is 5.97 Å². The maximum absolute atomic E-state index is 13.1. The summed E-state index contributed by atoms with van der Waals surface area (Å²) >= 11 is 0. The Balaban J connectivity index is 2.06. The van der Waals surface area contributed by atoms with E-state index in [1.54, 1.807) is 18.2 Å². The zero-order valence-corrected chi connectivity index (χ0v) is 13.5. The Morgan fingerprint density at radius 3 is 2.54 bits per heavy atom. The van der Waals surface area contributed by atoms with E-state index in [0.717, 1.165) is 17.1 Å². The number of halogens is 1. The molecule has 1 aromatic heterocycles. The number of carboxylic acid groups (broad SMARTS) is 1. The van der Waals surface area contributed by atoms with E-state index in [-0.39, 0.29) is 24.9 Å². The molecular formula is C17H19FN2O4. The van der Waals surface area contributed by atoms with Crippen molar-refractivity contribution in [1.82, 2.24) is 9.88 Å². The van der Waals surface area contributed by atoms with Gasteiger partial charge in [0.05, 0.1) is 12.2 Å². The minimum atomic E-state index is -1.05. The van der Waals surface area contributed by atoms with Crippen LogP contribution < -0.4 is 5.32 Å². The first-order valence-corrected chi connectivity index (χ1v) is 7.42. The molecule has 1 heterocycles. The van der Waals surface area contributed by atoms with Gasteiger partial charge in [-0.15, -0.1) is 0 Å². The standard InChI is InChI=1S/C17H19FN2O4/c1-11-9-15(17(23)19-7-8-24-10-16(21)22)12(2)20(11)14-5-3-13(18)4-6-14/h3-6,9H,7-8,10H2,1-2H3,(H,19,23)(H,21,22). The Kier molecular flexibility index (Phi) is 5.70. The smallest absolute Gasteiger partial charge is 0.329 e. The average Bonchev–Trinajstić information content (AvgIpc) is 2.82. The molecule has 0 fully saturated rings. The summed E-state index contributed by atoms with van der Waals surface area (Å²) in [5.41, 5.74) is 2.87. The molecule has 0 radical (unpaired) electrons. The highest BCUT2D eigenvalue weighted by atomic mass is 19.1. The van der Waals surface area contributed by atoms with Crippen molar-refractivity contribution in [1.29, 1.82) is 0 Å². The number of carboxylic acids is 1. The number of amides is 1. The molecule has 1 aromatic carbocycles. The van der Waals surface area contributed by atoms with E-state index in [1.807, 2.05) is 18.4 Å². The van der Waals surface area contributed by atoms with Crippen molar-refractivity contribution in [3.05, 3.63) is 53.1 Å². The minimum Gasteiger partial charge on any atom is -0.480 e. The van der Waals surface area contributed by atoms with Crippen LogP contribution in [0.25, 0.3) is 5.69 Å². The van der Waals surface area contributed by atoms with Crippen LogP contribution in [0, 0.1) is 19.7 Å². The van der Waals surface area contributed by atoms with Crippen LogP contribution in [0.15, 0.2) is 30.3 Å². The van der Waals surface area contributed by atoms with Crippen LogP contribution in [-0.4, -0.2) is 41.3 Å². The van der Waals surface area contributed by atoms with Crippen LogP contribution in [0.2, 0.25) is 0 Å². The second-order valence-electron chi connectivity index (χ2n) is 5.30. The molecule has 2 rings (SSSR count). The first-order chi connectivity index (χ1) is 11.4. The van der Waals surface area contributed by atoms with E-state index in [4.69, 9.17) is 9.84 Å². The Hall–Kier alpha value is -2.67. The summed E-state index contributed by atoms with van der Waals surface area (Å²) in [6.45, 7) is 3.62. The predicted octanol–water partition coefficient (Wildman–Crippen LogP) is 2.06. The van der Waals surface area contributed by atoms with Crippen molar-refractivity contribution >= 4 is 11.9 Å². The Labute approximate surface area is 138 Å². The van der Waals surface area contributed by atoms with E-state index in [9.17, 15) is 14.0 Å². The van der Waals surface area contributed by atoms with Crippen LogP contribution >= 0.6 is 0 Å². The molecule has 0 bridgehead atoms. The van der Waals surface area contributed by atoms with Gasteiger partial charge in [0, 0.05) is 23.6 Å². The van der Waals surface area contributed by atoms with Gasteiger partial charge in [0.15, 0.2) is 0 Å². The van der Waals surface area contributed by atoms with Crippen molar-refractivity contribution in [2.24, 2.45) is 0 Å². The van der Waals surface area contributed by atoms with Gasteiger partial charge in [0.1, 0.15) is 12.4 Å². The van der Waals surface area contributed by atoms with Crippen LogP contribution in [0.5, 0.6) is 0 Å². The number of hydrogen-bond acceptors (Lipinski definition) is 3. The minimum absolute atomic E-state index is 0.120. The molecule has 24 heavy (non-hydrogen) atoms. The van der Waals surface area contributed by atoms with Gasteiger partial charge in [-0.3, -0.25) is 4.79 Å². The number of carbonyl (C=O) groups excluding carboxylic acids is 1. The lowest BCUT2D eigenvalue weighted by atomic mass is 10.2. The maximum Gasteiger partial charge on any atom is 0.329 e. The lowest BCUT2D eigenvalue weighted by molar-refractivity contribution is -0.142. The number of ether oxygens (including phenoxy) is 1. The van der Waals surface area contributed by atoms with E-state index in [1.165, 1.54) is 12.1 Å². The fraction of sp³-hybridized carbons (Fsp3) is 0.294.